The van der Waals surface area contributed by atoms with Crippen LogP contribution in [0.4, 0.5) is 13.2 Å². The zero-order valence-corrected chi connectivity index (χ0v) is 20.7. The summed E-state index contributed by atoms with van der Waals surface area (Å²) in [5.41, 5.74) is 1.19. The number of hydrogen-bond donors (Lipinski definition) is 1. The molecule has 0 bridgehead atoms. The van der Waals surface area contributed by atoms with E-state index in [-0.39, 0.29) is 12.4 Å². The zero-order valence-electron chi connectivity index (χ0n) is 18.3. The number of hydrogen-bond acceptors (Lipinski definition) is 7. The van der Waals surface area contributed by atoms with Crippen molar-refractivity contribution < 1.29 is 27.6 Å². The molecule has 7 nitrogen and oxygen atoms in total. The fourth-order valence-electron chi connectivity index (χ4n) is 3.29. The quantitative estimate of drug-likeness (QED) is 0.241. The highest BCUT2D eigenvalue weighted by Gasteiger charge is 2.30. The highest BCUT2D eigenvalue weighted by Crippen LogP contribution is 2.35. The minimum Gasteiger partial charge on any atom is -0.488 e. The summed E-state index contributed by atoms with van der Waals surface area (Å²) in [7, 11) is 0. The van der Waals surface area contributed by atoms with Gasteiger partial charge in [-0.2, -0.15) is 13.2 Å². The van der Waals surface area contributed by atoms with E-state index < -0.39 is 17.5 Å². The zero-order chi connectivity index (χ0) is 25.2. The van der Waals surface area contributed by atoms with Crippen LogP contribution in [0, 0.1) is 0 Å². The van der Waals surface area contributed by atoms with Crippen LogP contribution < -0.4 is 10.5 Å². The second kappa shape index (κ2) is 10.2. The van der Waals surface area contributed by atoms with Gasteiger partial charge in [0.2, 0.25) is 5.82 Å². The highest BCUT2D eigenvalue weighted by atomic mass is 79.9. The largest absolute Gasteiger partial charge is 0.488 e. The van der Waals surface area contributed by atoms with Gasteiger partial charge in [0.25, 0.3) is 0 Å². The van der Waals surface area contributed by atoms with Crippen LogP contribution in [-0.2, 0) is 19.2 Å². The van der Waals surface area contributed by atoms with Gasteiger partial charge in [0.05, 0.1) is 16.1 Å². The van der Waals surface area contributed by atoms with Crippen LogP contribution in [0.25, 0.3) is 22.0 Å². The Morgan fingerprint density at radius 1 is 1.20 bits per heavy atom. The van der Waals surface area contributed by atoms with Crippen molar-refractivity contribution >= 4 is 27.3 Å². The fraction of sp³-hybridized carbons (Fsp3) is 0.261. The molecule has 0 saturated heterocycles. The van der Waals surface area contributed by atoms with E-state index in [9.17, 15) is 23.2 Å². The van der Waals surface area contributed by atoms with E-state index in [0.717, 1.165) is 42.0 Å². The van der Waals surface area contributed by atoms with E-state index in [1.165, 1.54) is 23.5 Å². The monoisotopic (exact) mass is 569 g/mol. The molecule has 2 heterocycles. The Bertz CT molecular complexity index is 1380. The molecular weight excluding hydrogens is 551 g/mol. The van der Waals surface area contributed by atoms with Crippen LogP contribution in [0.5, 0.6) is 5.75 Å². The van der Waals surface area contributed by atoms with Gasteiger partial charge in [-0.15, -0.1) is 11.3 Å². The molecule has 2 aromatic heterocycles. The number of thiazole rings is 1. The van der Waals surface area contributed by atoms with E-state index in [0.29, 0.717) is 31.1 Å². The number of rotatable bonds is 8. The molecule has 0 aliphatic carbocycles. The van der Waals surface area contributed by atoms with Gasteiger partial charge in [0, 0.05) is 15.6 Å². The molecule has 0 saturated carbocycles. The Labute approximate surface area is 209 Å². The minimum absolute atomic E-state index is 0.0566. The Balaban J connectivity index is 1.54. The lowest BCUT2D eigenvalue weighted by Crippen LogP contribution is -2.11. The van der Waals surface area contributed by atoms with Crippen LogP contribution in [-0.4, -0.2) is 20.1 Å². The molecule has 12 heteroatoms. The summed E-state index contributed by atoms with van der Waals surface area (Å²) in [6.07, 6.45) is -1.77. The van der Waals surface area contributed by atoms with Gasteiger partial charge in [-0.25, -0.2) is 9.78 Å². The summed E-state index contributed by atoms with van der Waals surface area (Å²) in [5.74, 6) is -0.540. The number of unbranched alkanes of at least 4 members (excludes halogenated alkanes) is 1. The molecule has 0 spiro atoms. The molecule has 1 N–H and O–H groups in total. The molecule has 2 aromatic carbocycles. The first kappa shape index (κ1) is 25.0. The summed E-state index contributed by atoms with van der Waals surface area (Å²) in [4.78, 5) is 16.9. The third kappa shape index (κ3) is 5.59. The van der Waals surface area contributed by atoms with Crippen LogP contribution >= 0.6 is 27.3 Å². The van der Waals surface area contributed by atoms with Crippen LogP contribution in [0.1, 0.15) is 35.9 Å². The van der Waals surface area contributed by atoms with Crippen LogP contribution in [0.3, 0.4) is 0 Å². The van der Waals surface area contributed by atoms with Crippen molar-refractivity contribution in [2.24, 2.45) is 0 Å². The maximum absolute atomic E-state index is 12.9. The van der Waals surface area contributed by atoms with Crippen molar-refractivity contribution in [2.45, 2.75) is 39.0 Å². The van der Waals surface area contributed by atoms with Crippen molar-refractivity contribution in [3.63, 3.8) is 0 Å². The lowest BCUT2D eigenvalue weighted by atomic mass is 10.1. The van der Waals surface area contributed by atoms with Gasteiger partial charge in [-0.3, -0.25) is 4.52 Å². The van der Waals surface area contributed by atoms with Crippen LogP contribution in [0.2, 0.25) is 0 Å². The number of aromatic nitrogens is 3. The van der Waals surface area contributed by atoms with Gasteiger partial charge in [0.15, 0.2) is 0 Å². The van der Waals surface area contributed by atoms with E-state index in [1.54, 1.807) is 18.2 Å². The molecule has 0 atom stereocenters. The van der Waals surface area contributed by atoms with Gasteiger partial charge >= 0.3 is 11.9 Å². The SMILES string of the molecule is CCCCc1nc(-c2ccc(C(F)(F)F)cc2)sc1COc1ccc(-c2noc(=O)n2O)c(Br)c1. The van der Waals surface area contributed by atoms with Crippen molar-refractivity contribution in [3.05, 3.63) is 73.6 Å². The third-order valence-corrected chi connectivity index (χ3v) is 6.92. The molecule has 0 unspecified atom stereocenters. The second-order valence-electron chi connectivity index (χ2n) is 7.58. The van der Waals surface area contributed by atoms with Gasteiger partial charge in [-0.05, 0) is 59.1 Å². The minimum atomic E-state index is -4.39. The summed E-state index contributed by atoms with van der Waals surface area (Å²) in [6, 6.07) is 9.90. The van der Waals surface area contributed by atoms with Crippen LogP contribution in [0.15, 0.2) is 56.3 Å². The first-order valence-corrected chi connectivity index (χ1v) is 12.1. The number of aryl methyl sites for hydroxylation is 1. The Hall–Kier alpha value is -3.12. The first-order valence-electron chi connectivity index (χ1n) is 10.5. The number of benzene rings is 2. The molecule has 4 aromatic rings. The van der Waals surface area contributed by atoms with E-state index in [2.05, 4.69) is 37.5 Å². The molecule has 0 aliphatic rings. The molecule has 0 radical (unpaired) electrons. The summed E-state index contributed by atoms with van der Waals surface area (Å²) >= 11 is 4.76. The van der Waals surface area contributed by atoms with Gasteiger partial charge in [-0.1, -0.05) is 35.4 Å². The third-order valence-electron chi connectivity index (χ3n) is 5.14. The van der Waals surface area contributed by atoms with E-state index in [1.807, 2.05) is 0 Å². The average Bonchev–Trinajstić information content (AvgIpc) is 3.39. The van der Waals surface area contributed by atoms with Crippen molar-refractivity contribution in [1.82, 2.24) is 14.9 Å². The van der Waals surface area contributed by atoms with E-state index in [4.69, 9.17) is 4.74 Å². The smallest absolute Gasteiger partial charge is 0.475 e. The highest BCUT2D eigenvalue weighted by molar-refractivity contribution is 9.10. The maximum atomic E-state index is 12.9. The normalized spacial score (nSPS) is 11.7. The number of halogens is 4. The fourth-order valence-corrected chi connectivity index (χ4v) is 4.85. The van der Waals surface area contributed by atoms with Crippen molar-refractivity contribution in [2.75, 3.05) is 0 Å². The summed E-state index contributed by atoms with van der Waals surface area (Å²) < 4.78 is 49.9. The Morgan fingerprint density at radius 2 is 1.94 bits per heavy atom. The molecule has 0 fully saturated rings. The Kier molecular flexibility index (Phi) is 7.31. The molecule has 4 rings (SSSR count). The van der Waals surface area contributed by atoms with E-state index >= 15 is 0 Å². The lowest BCUT2D eigenvalue weighted by molar-refractivity contribution is -0.137. The van der Waals surface area contributed by atoms with Gasteiger partial charge < -0.3 is 9.94 Å². The number of ether oxygens (including phenoxy) is 1. The first-order chi connectivity index (χ1) is 16.7. The van der Waals surface area contributed by atoms with Crippen molar-refractivity contribution in [1.29, 1.82) is 0 Å². The molecule has 0 amide bonds. The molecule has 0 aliphatic heterocycles. The molecule has 184 valence electrons. The van der Waals surface area contributed by atoms with Gasteiger partial charge in [0.1, 0.15) is 17.4 Å². The summed E-state index contributed by atoms with van der Waals surface area (Å²) in [6.45, 7) is 2.29. The maximum Gasteiger partial charge on any atom is 0.475 e. The average molecular weight is 570 g/mol. The standard InChI is InChI=1S/C23H19BrF3N3O4S/c1-2-3-4-18-19(35-21(28-18)13-5-7-14(8-6-13)23(25,26)27)12-33-15-9-10-16(17(24)11-15)20-29-34-22(31)30(20)32/h5-11,32H,2-4,12H2,1H3. The predicted octanol–water partition coefficient (Wildman–Crippen LogP) is 6.57. The number of nitrogens with zero attached hydrogens (tertiary/aromatic N) is 3. The predicted molar refractivity (Wildman–Crippen MR) is 127 cm³/mol. The second-order valence-corrected chi connectivity index (χ2v) is 9.52. The Morgan fingerprint density at radius 3 is 2.54 bits per heavy atom. The topological polar surface area (TPSA) is 90.4 Å². The number of alkyl halides is 3. The molecular formula is C23H19BrF3N3O4S. The lowest BCUT2D eigenvalue weighted by Gasteiger charge is -2.08. The molecule has 35 heavy (non-hydrogen) atoms. The van der Waals surface area contributed by atoms with Crippen molar-refractivity contribution in [3.8, 4) is 27.7 Å². The summed E-state index contributed by atoms with van der Waals surface area (Å²) in [5, 5.41) is 13.9.